The Morgan fingerprint density at radius 3 is 2.65 bits per heavy atom. The molecule has 2 N–H and O–H groups in total. The number of carboxylic acids is 1. The Morgan fingerprint density at radius 1 is 1.43 bits per heavy atom. The molecule has 0 aromatic carbocycles. The van der Waals surface area contributed by atoms with E-state index in [0.717, 1.165) is 11.5 Å². The second-order valence-corrected chi connectivity index (χ2v) is 6.89. The minimum atomic E-state index is -1.57. The van der Waals surface area contributed by atoms with Gasteiger partial charge in [-0.25, -0.2) is 9.59 Å². The Hall–Kier alpha value is -2.23. The number of ether oxygens (including phenoxy) is 1. The lowest BCUT2D eigenvalue weighted by atomic mass is 9.99. The summed E-state index contributed by atoms with van der Waals surface area (Å²) in [7, 11) is 0. The first kappa shape index (κ1) is 17.1. The maximum Gasteiger partial charge on any atom is 0.408 e. The zero-order valence-electron chi connectivity index (χ0n) is 13.0. The van der Waals surface area contributed by atoms with Crippen molar-refractivity contribution in [3.63, 3.8) is 0 Å². The number of aliphatic carboxylic acids is 1. The number of alkyl carbamates (subject to hydrolysis) is 1. The first-order valence-electron chi connectivity index (χ1n) is 6.94. The highest BCUT2D eigenvalue weighted by Gasteiger charge is 2.48. The molecular formula is C13H18N4O5S. The summed E-state index contributed by atoms with van der Waals surface area (Å²) in [6.07, 6.45) is -0.741. The molecule has 1 atom stereocenters. The van der Waals surface area contributed by atoms with E-state index in [0.29, 0.717) is 0 Å². The fraction of sp³-hybridized carbons (Fsp3) is 0.615. The molecule has 2 amide bonds. The van der Waals surface area contributed by atoms with Crippen LogP contribution in [0.1, 0.15) is 37.7 Å². The molecule has 1 aromatic rings. The van der Waals surface area contributed by atoms with E-state index in [4.69, 9.17) is 4.74 Å². The molecule has 1 unspecified atom stereocenters. The second-order valence-electron chi connectivity index (χ2n) is 6.28. The largest absolute Gasteiger partial charge is 0.479 e. The van der Waals surface area contributed by atoms with Crippen LogP contribution in [0, 0.1) is 0 Å². The highest BCUT2D eigenvalue weighted by molar-refractivity contribution is 7.03. The van der Waals surface area contributed by atoms with E-state index in [-0.39, 0.29) is 25.2 Å². The van der Waals surface area contributed by atoms with E-state index in [9.17, 15) is 19.5 Å². The lowest BCUT2D eigenvalue weighted by Crippen LogP contribution is -2.57. The number of aromatic nitrogens is 2. The van der Waals surface area contributed by atoms with Crippen molar-refractivity contribution < 1.29 is 24.2 Å². The van der Waals surface area contributed by atoms with Gasteiger partial charge in [-0.3, -0.25) is 4.79 Å². The van der Waals surface area contributed by atoms with Gasteiger partial charge in [-0.1, -0.05) is 4.49 Å². The smallest absolute Gasteiger partial charge is 0.408 e. The van der Waals surface area contributed by atoms with Crippen molar-refractivity contribution in [3.05, 3.63) is 11.1 Å². The van der Waals surface area contributed by atoms with Crippen LogP contribution in [0.15, 0.2) is 5.38 Å². The van der Waals surface area contributed by atoms with E-state index in [1.165, 1.54) is 10.3 Å². The fourth-order valence-electron chi connectivity index (χ4n) is 2.23. The van der Waals surface area contributed by atoms with Crippen LogP contribution in [0.25, 0.3) is 0 Å². The van der Waals surface area contributed by atoms with Gasteiger partial charge in [0.15, 0.2) is 11.2 Å². The number of rotatable bonds is 3. The zero-order chi connectivity index (χ0) is 17.3. The summed E-state index contributed by atoms with van der Waals surface area (Å²) >= 11 is 1.04. The average Bonchev–Trinajstić information content (AvgIpc) is 3.05. The molecule has 10 heteroatoms. The molecule has 0 aliphatic carbocycles. The normalized spacial score (nSPS) is 21.1. The summed E-state index contributed by atoms with van der Waals surface area (Å²) in [6, 6.07) is 0. The van der Waals surface area contributed by atoms with Crippen molar-refractivity contribution >= 4 is 29.5 Å². The van der Waals surface area contributed by atoms with Gasteiger partial charge in [0.25, 0.3) is 5.91 Å². The molecule has 0 saturated carbocycles. The molecule has 9 nitrogen and oxygen atoms in total. The summed E-state index contributed by atoms with van der Waals surface area (Å²) in [5.41, 5.74) is -2.15. The summed E-state index contributed by atoms with van der Waals surface area (Å²) in [5, 5.41) is 17.1. The Balaban J connectivity index is 2.10. The molecule has 23 heavy (non-hydrogen) atoms. The molecule has 0 spiro atoms. The topological polar surface area (TPSA) is 122 Å². The zero-order valence-corrected chi connectivity index (χ0v) is 13.8. The standard InChI is InChI=1S/C13H18N4O5S/c1-12(2,3)22-11(21)14-13(10(19)20)4-5-17(7-13)9(18)8-6-23-16-15-8/h6H,4-5,7H2,1-3H3,(H,14,21)(H,19,20). The SMILES string of the molecule is CC(C)(C)OC(=O)NC1(C(=O)O)CCN(C(=O)c2csnn2)C1. The maximum atomic E-state index is 12.2. The number of likely N-dealkylation sites (tertiary alicyclic amines) is 1. The number of carbonyl (C=O) groups excluding carboxylic acids is 2. The van der Waals surface area contributed by atoms with Crippen LogP contribution in [0.2, 0.25) is 0 Å². The minimum Gasteiger partial charge on any atom is -0.479 e. The molecule has 1 aromatic heterocycles. The number of carboxylic acid groups (broad SMARTS) is 1. The average molecular weight is 342 g/mol. The van der Waals surface area contributed by atoms with Gasteiger partial charge in [-0.15, -0.1) is 5.10 Å². The van der Waals surface area contributed by atoms with Crippen molar-refractivity contribution in [2.24, 2.45) is 0 Å². The van der Waals surface area contributed by atoms with Crippen LogP contribution < -0.4 is 5.32 Å². The number of nitrogens with one attached hydrogen (secondary N) is 1. The molecule has 1 aliphatic heterocycles. The Kier molecular flexibility index (Phi) is 4.55. The molecule has 1 fully saturated rings. The van der Waals surface area contributed by atoms with Crippen molar-refractivity contribution in [1.29, 1.82) is 0 Å². The van der Waals surface area contributed by atoms with Crippen LogP contribution >= 0.6 is 11.5 Å². The van der Waals surface area contributed by atoms with Gasteiger partial charge < -0.3 is 20.1 Å². The van der Waals surface area contributed by atoms with Crippen molar-refractivity contribution in [2.45, 2.75) is 38.3 Å². The molecule has 1 aliphatic rings. The van der Waals surface area contributed by atoms with Gasteiger partial charge in [0.1, 0.15) is 5.60 Å². The highest BCUT2D eigenvalue weighted by atomic mass is 32.1. The summed E-state index contributed by atoms with van der Waals surface area (Å²) < 4.78 is 8.72. The summed E-state index contributed by atoms with van der Waals surface area (Å²) in [4.78, 5) is 37.1. The summed E-state index contributed by atoms with van der Waals surface area (Å²) in [5.74, 6) is -1.62. The first-order valence-corrected chi connectivity index (χ1v) is 7.77. The van der Waals surface area contributed by atoms with Gasteiger partial charge in [-0.2, -0.15) is 0 Å². The Morgan fingerprint density at radius 2 is 2.13 bits per heavy atom. The molecule has 0 radical (unpaired) electrons. The van der Waals surface area contributed by atoms with Crippen molar-refractivity contribution in [2.75, 3.05) is 13.1 Å². The molecule has 2 heterocycles. The lowest BCUT2D eigenvalue weighted by Gasteiger charge is -2.28. The third-order valence-electron chi connectivity index (χ3n) is 3.29. The van der Waals surface area contributed by atoms with Crippen molar-refractivity contribution in [1.82, 2.24) is 19.8 Å². The molecular weight excluding hydrogens is 324 g/mol. The van der Waals surface area contributed by atoms with Crippen LogP contribution in [0.4, 0.5) is 4.79 Å². The second kappa shape index (κ2) is 6.11. The molecule has 126 valence electrons. The summed E-state index contributed by atoms with van der Waals surface area (Å²) in [6.45, 7) is 5.08. The van der Waals surface area contributed by atoms with Gasteiger partial charge >= 0.3 is 12.1 Å². The Labute approximate surface area is 136 Å². The van der Waals surface area contributed by atoms with Gasteiger partial charge in [0.2, 0.25) is 0 Å². The molecule has 2 rings (SSSR count). The van der Waals surface area contributed by atoms with E-state index in [1.807, 2.05) is 0 Å². The number of hydrogen-bond donors (Lipinski definition) is 2. The first-order chi connectivity index (χ1) is 10.6. The van der Waals surface area contributed by atoms with E-state index in [2.05, 4.69) is 14.9 Å². The predicted molar refractivity (Wildman–Crippen MR) is 80.2 cm³/mol. The van der Waals surface area contributed by atoms with Gasteiger partial charge in [0, 0.05) is 18.3 Å². The van der Waals surface area contributed by atoms with Crippen LogP contribution in [-0.4, -0.2) is 61.8 Å². The monoisotopic (exact) mass is 342 g/mol. The van der Waals surface area contributed by atoms with Crippen LogP contribution in [0.3, 0.4) is 0 Å². The van der Waals surface area contributed by atoms with Crippen LogP contribution in [0.5, 0.6) is 0 Å². The predicted octanol–water partition coefficient (Wildman–Crippen LogP) is 0.732. The molecule has 0 bridgehead atoms. The lowest BCUT2D eigenvalue weighted by molar-refractivity contribution is -0.144. The Bertz CT molecular complexity index is 612. The van der Waals surface area contributed by atoms with E-state index < -0.39 is 29.1 Å². The fourth-order valence-corrected chi connectivity index (χ4v) is 2.66. The number of nitrogens with zero attached hydrogens (tertiary/aromatic N) is 3. The number of amides is 2. The van der Waals surface area contributed by atoms with E-state index >= 15 is 0 Å². The maximum absolute atomic E-state index is 12.2. The van der Waals surface area contributed by atoms with Gasteiger partial charge in [-0.05, 0) is 32.3 Å². The minimum absolute atomic E-state index is 0.0882. The third-order valence-corrected chi connectivity index (χ3v) is 3.79. The van der Waals surface area contributed by atoms with E-state index in [1.54, 1.807) is 20.8 Å². The number of hydrogen-bond acceptors (Lipinski definition) is 7. The third kappa shape index (κ3) is 3.95. The molecule has 1 saturated heterocycles. The highest BCUT2D eigenvalue weighted by Crippen LogP contribution is 2.24. The van der Waals surface area contributed by atoms with Crippen molar-refractivity contribution in [3.8, 4) is 0 Å². The quantitative estimate of drug-likeness (QED) is 0.830. The van der Waals surface area contributed by atoms with Gasteiger partial charge in [0.05, 0.1) is 6.54 Å². The van der Waals surface area contributed by atoms with Crippen LogP contribution in [-0.2, 0) is 9.53 Å². The number of carbonyl (C=O) groups is 3.